The maximum atomic E-state index is 12.9. The van der Waals surface area contributed by atoms with E-state index in [-0.39, 0.29) is 30.0 Å². The molecule has 1 saturated heterocycles. The third-order valence-electron chi connectivity index (χ3n) is 4.18. The number of carbonyl (C=O) groups excluding carboxylic acids is 2. The van der Waals surface area contributed by atoms with Gasteiger partial charge in [-0.25, -0.2) is 4.39 Å². The van der Waals surface area contributed by atoms with Crippen molar-refractivity contribution in [3.8, 4) is 0 Å². The maximum absolute atomic E-state index is 12.9. The van der Waals surface area contributed by atoms with Crippen molar-refractivity contribution in [2.45, 2.75) is 19.5 Å². The molecule has 0 radical (unpaired) electrons. The minimum Gasteiger partial charge on any atom is -0.352 e. The fraction of sp³-hybridized carbons (Fsp3) is 0.263. The number of nitrogens with zero attached hydrogens (tertiary/aromatic N) is 1. The Hall–Kier alpha value is -2.69. The number of rotatable bonds is 5. The molecule has 1 aliphatic rings. The third-order valence-corrected chi connectivity index (χ3v) is 4.18. The van der Waals surface area contributed by atoms with Crippen LogP contribution in [0, 0.1) is 11.7 Å². The predicted molar refractivity (Wildman–Crippen MR) is 88.2 cm³/mol. The SMILES string of the molecule is O=C(NCc1ccc(F)cc1)C1CC(=O)N(Cc2ccccc2)C1. The molecule has 4 nitrogen and oxygen atoms in total. The van der Waals surface area contributed by atoms with E-state index >= 15 is 0 Å². The van der Waals surface area contributed by atoms with Crippen LogP contribution in [0.25, 0.3) is 0 Å². The molecule has 1 N–H and O–H groups in total. The van der Waals surface area contributed by atoms with E-state index in [0.29, 0.717) is 19.6 Å². The molecule has 0 aliphatic carbocycles. The third kappa shape index (κ3) is 3.98. The Bertz CT molecular complexity index is 716. The lowest BCUT2D eigenvalue weighted by Gasteiger charge is -2.16. The van der Waals surface area contributed by atoms with Gasteiger partial charge in [0.15, 0.2) is 0 Å². The number of benzene rings is 2. The van der Waals surface area contributed by atoms with Crippen LogP contribution in [0.2, 0.25) is 0 Å². The number of hydrogen-bond acceptors (Lipinski definition) is 2. The highest BCUT2D eigenvalue weighted by atomic mass is 19.1. The highest BCUT2D eigenvalue weighted by molar-refractivity contribution is 5.89. The van der Waals surface area contributed by atoms with Crippen molar-refractivity contribution < 1.29 is 14.0 Å². The predicted octanol–water partition coefficient (Wildman–Crippen LogP) is 2.49. The van der Waals surface area contributed by atoms with Crippen molar-refractivity contribution in [3.05, 3.63) is 71.5 Å². The van der Waals surface area contributed by atoms with Crippen molar-refractivity contribution >= 4 is 11.8 Å². The number of halogens is 1. The van der Waals surface area contributed by atoms with Crippen LogP contribution >= 0.6 is 0 Å². The van der Waals surface area contributed by atoms with E-state index in [1.54, 1.807) is 17.0 Å². The van der Waals surface area contributed by atoms with Gasteiger partial charge in [-0.2, -0.15) is 0 Å². The molecule has 24 heavy (non-hydrogen) atoms. The van der Waals surface area contributed by atoms with Gasteiger partial charge in [0, 0.05) is 26.1 Å². The minimum atomic E-state index is -0.332. The average molecular weight is 326 g/mol. The van der Waals surface area contributed by atoms with E-state index < -0.39 is 0 Å². The first-order valence-electron chi connectivity index (χ1n) is 7.95. The van der Waals surface area contributed by atoms with Gasteiger partial charge in [0.2, 0.25) is 11.8 Å². The normalized spacial score (nSPS) is 17.1. The van der Waals surface area contributed by atoms with E-state index in [4.69, 9.17) is 0 Å². The molecule has 0 spiro atoms. The lowest BCUT2D eigenvalue weighted by Crippen LogP contribution is -2.32. The first kappa shape index (κ1) is 16.2. The summed E-state index contributed by atoms with van der Waals surface area (Å²) >= 11 is 0. The van der Waals surface area contributed by atoms with Crippen molar-refractivity contribution in [1.29, 1.82) is 0 Å². The van der Waals surface area contributed by atoms with Crippen LogP contribution in [-0.4, -0.2) is 23.3 Å². The van der Waals surface area contributed by atoms with Crippen LogP contribution in [0.15, 0.2) is 54.6 Å². The van der Waals surface area contributed by atoms with Crippen molar-refractivity contribution in [2.75, 3.05) is 6.54 Å². The fourth-order valence-electron chi connectivity index (χ4n) is 2.84. The topological polar surface area (TPSA) is 49.4 Å². The molecule has 2 aromatic rings. The van der Waals surface area contributed by atoms with Crippen molar-refractivity contribution in [3.63, 3.8) is 0 Å². The quantitative estimate of drug-likeness (QED) is 0.918. The molecule has 0 aromatic heterocycles. The Morgan fingerprint density at radius 3 is 2.50 bits per heavy atom. The second-order valence-corrected chi connectivity index (χ2v) is 6.01. The van der Waals surface area contributed by atoms with Gasteiger partial charge in [-0.3, -0.25) is 9.59 Å². The molecule has 2 aromatic carbocycles. The molecule has 1 aliphatic heterocycles. The van der Waals surface area contributed by atoms with Gasteiger partial charge in [0.05, 0.1) is 5.92 Å². The van der Waals surface area contributed by atoms with Gasteiger partial charge in [-0.05, 0) is 23.3 Å². The Labute approximate surface area is 140 Å². The highest BCUT2D eigenvalue weighted by Gasteiger charge is 2.33. The second-order valence-electron chi connectivity index (χ2n) is 6.01. The summed E-state index contributed by atoms with van der Waals surface area (Å²) in [5, 5.41) is 2.83. The van der Waals surface area contributed by atoms with Crippen molar-refractivity contribution in [2.24, 2.45) is 5.92 Å². The van der Waals surface area contributed by atoms with Crippen LogP contribution in [-0.2, 0) is 22.7 Å². The average Bonchev–Trinajstić information content (AvgIpc) is 2.96. The minimum absolute atomic E-state index is 0.000727. The summed E-state index contributed by atoms with van der Waals surface area (Å²) in [6, 6.07) is 15.7. The van der Waals surface area contributed by atoms with Crippen LogP contribution in [0.1, 0.15) is 17.5 Å². The summed E-state index contributed by atoms with van der Waals surface area (Å²) in [4.78, 5) is 26.1. The summed E-state index contributed by atoms with van der Waals surface area (Å²) in [5.74, 6) is -0.770. The van der Waals surface area contributed by atoms with Gasteiger partial charge in [0.1, 0.15) is 5.82 Å². The van der Waals surface area contributed by atoms with Gasteiger partial charge in [-0.15, -0.1) is 0 Å². The zero-order chi connectivity index (χ0) is 16.9. The largest absolute Gasteiger partial charge is 0.352 e. The second kappa shape index (κ2) is 7.25. The highest BCUT2D eigenvalue weighted by Crippen LogP contribution is 2.20. The molecular weight excluding hydrogens is 307 g/mol. The first-order valence-corrected chi connectivity index (χ1v) is 7.95. The van der Waals surface area contributed by atoms with E-state index in [0.717, 1.165) is 11.1 Å². The molecule has 0 bridgehead atoms. The van der Waals surface area contributed by atoms with Gasteiger partial charge >= 0.3 is 0 Å². The Morgan fingerprint density at radius 2 is 1.79 bits per heavy atom. The standard InChI is InChI=1S/C19H19FN2O2/c20-17-8-6-14(7-9-17)11-21-19(24)16-10-18(23)22(13-16)12-15-4-2-1-3-5-15/h1-9,16H,10-13H2,(H,21,24). The Kier molecular flexibility index (Phi) is 4.89. The molecule has 1 unspecified atom stereocenters. The maximum Gasteiger partial charge on any atom is 0.225 e. The molecule has 5 heteroatoms. The molecule has 1 heterocycles. The lowest BCUT2D eigenvalue weighted by atomic mass is 10.1. The lowest BCUT2D eigenvalue weighted by molar-refractivity contribution is -0.129. The van der Waals surface area contributed by atoms with Gasteiger partial charge in [-0.1, -0.05) is 42.5 Å². The molecule has 3 rings (SSSR count). The number of amides is 2. The van der Waals surface area contributed by atoms with Crippen LogP contribution < -0.4 is 5.32 Å². The summed E-state index contributed by atoms with van der Waals surface area (Å²) in [7, 11) is 0. The molecule has 1 fully saturated rings. The van der Waals surface area contributed by atoms with Gasteiger partial charge in [0.25, 0.3) is 0 Å². The zero-order valence-corrected chi connectivity index (χ0v) is 13.2. The van der Waals surface area contributed by atoms with E-state index in [1.165, 1.54) is 12.1 Å². The monoisotopic (exact) mass is 326 g/mol. The van der Waals surface area contributed by atoms with E-state index in [1.807, 2.05) is 30.3 Å². The van der Waals surface area contributed by atoms with Crippen LogP contribution in [0.3, 0.4) is 0 Å². The Morgan fingerprint density at radius 1 is 1.08 bits per heavy atom. The molecule has 1 atom stereocenters. The summed E-state index contributed by atoms with van der Waals surface area (Å²) < 4.78 is 12.9. The van der Waals surface area contributed by atoms with Crippen LogP contribution in [0.5, 0.6) is 0 Å². The molecule has 124 valence electrons. The summed E-state index contributed by atoms with van der Waals surface area (Å²) in [6.45, 7) is 1.30. The summed E-state index contributed by atoms with van der Waals surface area (Å²) in [5.41, 5.74) is 1.88. The fourth-order valence-corrected chi connectivity index (χ4v) is 2.84. The number of likely N-dealkylation sites (tertiary alicyclic amines) is 1. The number of hydrogen-bond donors (Lipinski definition) is 1. The summed E-state index contributed by atoms with van der Waals surface area (Å²) in [6.07, 6.45) is 0.238. The smallest absolute Gasteiger partial charge is 0.225 e. The Balaban J connectivity index is 1.53. The van der Waals surface area contributed by atoms with Crippen LogP contribution in [0.4, 0.5) is 4.39 Å². The van der Waals surface area contributed by atoms with Gasteiger partial charge < -0.3 is 10.2 Å². The first-order chi connectivity index (χ1) is 11.6. The number of nitrogens with one attached hydrogen (secondary N) is 1. The molecule has 0 saturated carbocycles. The van der Waals surface area contributed by atoms with E-state index in [9.17, 15) is 14.0 Å². The number of carbonyl (C=O) groups is 2. The van der Waals surface area contributed by atoms with Crippen molar-refractivity contribution in [1.82, 2.24) is 10.2 Å². The molecular formula is C19H19FN2O2. The van der Waals surface area contributed by atoms with E-state index in [2.05, 4.69) is 5.32 Å². The molecule has 2 amide bonds. The zero-order valence-electron chi connectivity index (χ0n) is 13.2.